The second kappa shape index (κ2) is 13.9. The average Bonchev–Trinajstić information content (AvgIpc) is 3.05. The van der Waals surface area contributed by atoms with Crippen molar-refractivity contribution < 1.29 is 31.0 Å². The largest absolute Gasteiger partial charge is 0.493 e. The van der Waals surface area contributed by atoms with Crippen molar-refractivity contribution in [2.24, 2.45) is 0 Å². The number of benzene rings is 3. The minimum absolute atomic E-state index is 0.0123. The number of nitrogens with one attached hydrogen (secondary N) is 2. The van der Waals surface area contributed by atoms with E-state index in [-0.39, 0.29) is 40.5 Å². The maximum absolute atomic E-state index is 14.0. The summed E-state index contributed by atoms with van der Waals surface area (Å²) in [4.78, 5) is 13.0. The highest BCUT2D eigenvalue weighted by atomic mass is 32.2. The fourth-order valence-corrected chi connectivity index (χ4v) is 6.70. The van der Waals surface area contributed by atoms with Gasteiger partial charge in [-0.3, -0.25) is 14.4 Å². The molecule has 0 radical (unpaired) electrons. The lowest BCUT2D eigenvalue weighted by Crippen LogP contribution is -2.25. The maximum atomic E-state index is 14.0. The molecule has 2 heterocycles. The Bertz CT molecular complexity index is 2010. The number of ether oxygens (including phenoxy) is 3. The van der Waals surface area contributed by atoms with E-state index in [4.69, 9.17) is 14.2 Å². The predicted molar refractivity (Wildman–Crippen MR) is 174 cm³/mol. The number of rotatable bonds is 13. The Morgan fingerprint density at radius 1 is 0.761 bits per heavy atom. The molecule has 238 valence electrons. The van der Waals surface area contributed by atoms with Crippen molar-refractivity contribution >= 4 is 31.7 Å². The molecule has 0 aliphatic carbocycles. The smallest absolute Gasteiger partial charge is 0.265 e. The number of pyridine rings is 1. The molecule has 2 aromatic heterocycles. The summed E-state index contributed by atoms with van der Waals surface area (Å²) in [6.07, 6.45) is 3.00. The molecule has 0 amide bonds. The van der Waals surface area contributed by atoms with Crippen LogP contribution in [0.3, 0.4) is 0 Å². The second-order valence-corrected chi connectivity index (χ2v) is 13.2. The summed E-state index contributed by atoms with van der Waals surface area (Å²) in [5.41, 5.74) is 0.220. The molecular weight excluding hydrogens is 631 g/mol. The molecule has 0 bridgehead atoms. The Morgan fingerprint density at radius 3 is 2.00 bits per heavy atom. The van der Waals surface area contributed by atoms with Crippen molar-refractivity contribution in [3.8, 4) is 28.6 Å². The number of hydrogen-bond donors (Lipinski definition) is 2. The fraction of sp³-hybridized carbons (Fsp3) is 0.156. The minimum atomic E-state index is -4.40. The summed E-state index contributed by atoms with van der Waals surface area (Å²) in [6.45, 7) is 3.59. The molecule has 14 heteroatoms. The van der Waals surface area contributed by atoms with Gasteiger partial charge in [-0.15, -0.1) is 0 Å². The van der Waals surface area contributed by atoms with Gasteiger partial charge in [0, 0.05) is 24.6 Å². The number of methoxy groups -OCH3 is 1. The van der Waals surface area contributed by atoms with Crippen LogP contribution in [0.2, 0.25) is 0 Å². The van der Waals surface area contributed by atoms with Crippen LogP contribution in [0.5, 0.6) is 17.2 Å². The topological polar surface area (TPSA) is 159 Å². The van der Waals surface area contributed by atoms with Gasteiger partial charge in [0.25, 0.3) is 20.0 Å². The highest BCUT2D eigenvalue weighted by Gasteiger charge is 2.32. The molecule has 0 saturated heterocycles. The normalized spacial score (nSPS) is 12.2. The Morgan fingerprint density at radius 2 is 1.37 bits per heavy atom. The van der Waals surface area contributed by atoms with Crippen LogP contribution < -0.4 is 18.9 Å². The molecule has 5 aromatic rings. The number of aromatic nitrogens is 3. The van der Waals surface area contributed by atoms with Crippen LogP contribution in [-0.2, 0) is 24.8 Å². The summed E-state index contributed by atoms with van der Waals surface area (Å²) in [6, 6.07) is 24.3. The van der Waals surface area contributed by atoms with Gasteiger partial charge in [-0.2, -0.15) is 0 Å². The molecule has 1 atom stereocenters. The number of para-hydroxylation sites is 2. The van der Waals surface area contributed by atoms with E-state index in [2.05, 4.69) is 24.4 Å². The molecule has 12 nitrogen and oxygen atoms in total. The van der Waals surface area contributed by atoms with Gasteiger partial charge in [-0.1, -0.05) is 60.2 Å². The molecule has 0 saturated carbocycles. The molecule has 3 aromatic carbocycles. The van der Waals surface area contributed by atoms with Crippen molar-refractivity contribution in [1.29, 1.82) is 0 Å². The van der Waals surface area contributed by atoms with Gasteiger partial charge in [0.15, 0.2) is 29.0 Å². The van der Waals surface area contributed by atoms with E-state index in [1.165, 1.54) is 31.6 Å². The van der Waals surface area contributed by atoms with Gasteiger partial charge in [-0.05, 0) is 55.8 Å². The number of anilines is 2. The second-order valence-electron chi connectivity index (χ2n) is 9.83. The molecule has 0 aliphatic heterocycles. The SMILES string of the molecule is CCOC(c1ccccc1)S(=O)(=O)Nc1nc(-c2ccncc2)nc(NS(=O)(=O)c2ccc(C)cc2)c1Oc1ccccc1OC. The Kier molecular flexibility index (Phi) is 9.80. The molecular formula is C32H31N5O7S2. The zero-order valence-corrected chi connectivity index (χ0v) is 26.7. The first-order valence-corrected chi connectivity index (χ1v) is 17.0. The van der Waals surface area contributed by atoms with E-state index < -0.39 is 25.5 Å². The van der Waals surface area contributed by atoms with Gasteiger partial charge in [-0.25, -0.2) is 26.8 Å². The Balaban J connectivity index is 1.72. The van der Waals surface area contributed by atoms with Gasteiger partial charge in [0.2, 0.25) is 11.2 Å². The fourth-order valence-electron chi connectivity index (χ4n) is 4.35. The van der Waals surface area contributed by atoms with Gasteiger partial charge < -0.3 is 14.2 Å². The molecule has 5 rings (SSSR count). The highest BCUT2D eigenvalue weighted by Crippen LogP contribution is 2.41. The summed E-state index contributed by atoms with van der Waals surface area (Å²) >= 11 is 0. The zero-order chi connectivity index (χ0) is 32.7. The third-order valence-electron chi connectivity index (χ3n) is 6.56. The van der Waals surface area contributed by atoms with Crippen LogP contribution in [0.1, 0.15) is 23.5 Å². The summed E-state index contributed by atoms with van der Waals surface area (Å²) in [5, 5.41) is 0. The number of sulfonamides is 2. The van der Waals surface area contributed by atoms with Crippen LogP contribution in [0.4, 0.5) is 11.6 Å². The van der Waals surface area contributed by atoms with Crippen LogP contribution in [0.15, 0.2) is 108 Å². The molecule has 2 N–H and O–H groups in total. The monoisotopic (exact) mass is 661 g/mol. The van der Waals surface area contributed by atoms with Crippen molar-refractivity contribution in [1.82, 2.24) is 15.0 Å². The standard InChI is InChI=1S/C32H31N5O7S2/c1-4-43-32(24-10-6-5-7-11-24)46(40,41)37-31-28(44-27-13-9-8-12-26(27)42-3)30(34-29(35-31)23-18-20-33-21-19-23)36-45(38,39)25-16-14-22(2)15-17-25/h5-21,32H,4H2,1-3H3,(H2,34,35,36,37). The molecule has 46 heavy (non-hydrogen) atoms. The lowest BCUT2D eigenvalue weighted by Gasteiger charge is -2.22. The van der Waals surface area contributed by atoms with E-state index in [1.807, 2.05) is 6.92 Å². The van der Waals surface area contributed by atoms with E-state index >= 15 is 0 Å². The minimum Gasteiger partial charge on any atom is -0.493 e. The number of aryl methyl sites for hydroxylation is 1. The molecule has 0 aliphatic rings. The van der Waals surface area contributed by atoms with E-state index in [1.54, 1.807) is 85.8 Å². The van der Waals surface area contributed by atoms with Crippen LogP contribution in [-0.4, -0.2) is 45.5 Å². The lowest BCUT2D eigenvalue weighted by molar-refractivity contribution is 0.118. The zero-order valence-electron chi connectivity index (χ0n) is 25.1. The van der Waals surface area contributed by atoms with Crippen molar-refractivity contribution in [2.45, 2.75) is 24.2 Å². The van der Waals surface area contributed by atoms with Gasteiger partial charge in [0.1, 0.15) is 0 Å². The lowest BCUT2D eigenvalue weighted by atomic mass is 10.2. The third kappa shape index (κ3) is 7.42. The van der Waals surface area contributed by atoms with E-state index in [0.717, 1.165) is 5.56 Å². The van der Waals surface area contributed by atoms with Crippen molar-refractivity contribution in [3.05, 3.63) is 115 Å². The van der Waals surface area contributed by atoms with Crippen molar-refractivity contribution in [2.75, 3.05) is 23.2 Å². The third-order valence-corrected chi connectivity index (χ3v) is 9.36. The number of nitrogens with zero attached hydrogens (tertiary/aromatic N) is 3. The molecule has 1 unspecified atom stereocenters. The van der Waals surface area contributed by atoms with Crippen LogP contribution >= 0.6 is 0 Å². The first-order chi connectivity index (χ1) is 22.1. The highest BCUT2D eigenvalue weighted by molar-refractivity contribution is 7.93. The summed E-state index contributed by atoms with van der Waals surface area (Å²) < 4.78 is 77.5. The quantitative estimate of drug-likeness (QED) is 0.155. The van der Waals surface area contributed by atoms with Crippen LogP contribution in [0, 0.1) is 6.92 Å². The summed E-state index contributed by atoms with van der Waals surface area (Å²) in [5.74, 6) is -0.593. The Labute approximate surface area is 267 Å². The Hall–Kier alpha value is -5.05. The van der Waals surface area contributed by atoms with Crippen LogP contribution in [0.25, 0.3) is 11.4 Å². The molecule has 0 spiro atoms. The van der Waals surface area contributed by atoms with E-state index in [0.29, 0.717) is 16.9 Å². The predicted octanol–water partition coefficient (Wildman–Crippen LogP) is 5.93. The van der Waals surface area contributed by atoms with Gasteiger partial charge >= 0.3 is 0 Å². The first-order valence-electron chi connectivity index (χ1n) is 14.0. The molecule has 0 fully saturated rings. The average molecular weight is 662 g/mol. The first kappa shape index (κ1) is 32.3. The maximum Gasteiger partial charge on any atom is 0.265 e. The summed E-state index contributed by atoms with van der Waals surface area (Å²) in [7, 11) is -7.22. The van der Waals surface area contributed by atoms with Gasteiger partial charge in [0.05, 0.1) is 12.0 Å². The van der Waals surface area contributed by atoms with E-state index in [9.17, 15) is 16.8 Å². The number of hydrogen-bond acceptors (Lipinski definition) is 10. The van der Waals surface area contributed by atoms with Crippen molar-refractivity contribution in [3.63, 3.8) is 0 Å².